The smallest absolute Gasteiger partial charge is 0.397 e. The van der Waals surface area contributed by atoms with Crippen molar-refractivity contribution in [1.82, 2.24) is 4.98 Å². The van der Waals surface area contributed by atoms with Gasteiger partial charge in [-0.25, -0.2) is 9.98 Å². The molecule has 4 rings (SSSR count). The van der Waals surface area contributed by atoms with E-state index in [1.165, 1.54) is 23.5 Å². The van der Waals surface area contributed by atoms with E-state index in [1.807, 2.05) is 29.6 Å². The summed E-state index contributed by atoms with van der Waals surface area (Å²) >= 11 is 2.84. The number of nitrogens with zero attached hydrogens (tertiary/aromatic N) is 2. The number of alkyl halides is 3. The molecule has 4 nitrogen and oxygen atoms in total. The number of amidine groups is 1. The first kappa shape index (κ1) is 18.5. The highest BCUT2D eigenvalue weighted by molar-refractivity contribution is 7.21. The van der Waals surface area contributed by atoms with Crippen LogP contribution in [0.4, 0.5) is 24.5 Å². The number of hydrogen-bond donors (Lipinski definition) is 2. The fourth-order valence-corrected chi connectivity index (χ4v) is 4.38. The summed E-state index contributed by atoms with van der Waals surface area (Å²) in [6, 6.07) is 12.3. The fourth-order valence-electron chi connectivity index (χ4n) is 2.69. The number of anilines is 1. The van der Waals surface area contributed by atoms with Crippen molar-refractivity contribution < 1.29 is 13.2 Å². The molecular formula is C19H13F3N4S2. The van der Waals surface area contributed by atoms with Gasteiger partial charge in [-0.2, -0.15) is 13.2 Å². The molecule has 0 fully saturated rings. The maximum Gasteiger partial charge on any atom is 0.416 e. The van der Waals surface area contributed by atoms with Crippen LogP contribution in [0.5, 0.6) is 0 Å². The van der Waals surface area contributed by atoms with E-state index in [0.717, 1.165) is 28.1 Å². The molecule has 3 aromatic heterocycles. The molecule has 1 aromatic carbocycles. The topological polar surface area (TPSA) is 77.3 Å². The van der Waals surface area contributed by atoms with Crippen molar-refractivity contribution in [2.24, 2.45) is 10.7 Å². The van der Waals surface area contributed by atoms with Gasteiger partial charge in [0.2, 0.25) is 0 Å². The Morgan fingerprint density at radius 2 is 1.89 bits per heavy atom. The Balaban J connectivity index is 1.74. The summed E-state index contributed by atoms with van der Waals surface area (Å²) in [5, 5.41) is 2.71. The van der Waals surface area contributed by atoms with E-state index in [-0.39, 0.29) is 11.5 Å². The average Bonchev–Trinajstić information content (AvgIpc) is 3.29. The molecule has 0 spiro atoms. The highest BCUT2D eigenvalue weighted by atomic mass is 32.1. The lowest BCUT2D eigenvalue weighted by atomic mass is 10.2. The molecule has 0 unspecified atom stereocenters. The van der Waals surface area contributed by atoms with E-state index in [1.54, 1.807) is 11.3 Å². The summed E-state index contributed by atoms with van der Waals surface area (Å²) in [7, 11) is 0. The summed E-state index contributed by atoms with van der Waals surface area (Å²) < 4.78 is 38.6. The van der Waals surface area contributed by atoms with Crippen molar-refractivity contribution in [2.45, 2.75) is 6.18 Å². The van der Waals surface area contributed by atoms with Crippen LogP contribution < -0.4 is 11.5 Å². The highest BCUT2D eigenvalue weighted by Gasteiger charge is 2.30. The first-order chi connectivity index (χ1) is 13.3. The molecule has 0 radical (unpaired) electrons. The van der Waals surface area contributed by atoms with Gasteiger partial charge in [-0.05, 0) is 41.8 Å². The van der Waals surface area contributed by atoms with Crippen LogP contribution in [0.2, 0.25) is 0 Å². The van der Waals surface area contributed by atoms with Crippen molar-refractivity contribution in [3.8, 4) is 10.6 Å². The van der Waals surface area contributed by atoms with E-state index < -0.39 is 11.7 Å². The van der Waals surface area contributed by atoms with Crippen LogP contribution in [0.25, 0.3) is 20.8 Å². The summed E-state index contributed by atoms with van der Waals surface area (Å²) in [6.45, 7) is 0. The van der Waals surface area contributed by atoms with Gasteiger partial charge in [-0.1, -0.05) is 12.1 Å². The molecule has 28 heavy (non-hydrogen) atoms. The molecule has 4 aromatic rings. The molecule has 3 heterocycles. The van der Waals surface area contributed by atoms with Gasteiger partial charge in [0.05, 0.1) is 32.4 Å². The van der Waals surface area contributed by atoms with E-state index in [2.05, 4.69) is 9.98 Å². The molecule has 4 N–H and O–H groups in total. The van der Waals surface area contributed by atoms with Crippen molar-refractivity contribution in [3.63, 3.8) is 0 Å². The normalized spacial score (nSPS) is 12.6. The number of pyridine rings is 1. The van der Waals surface area contributed by atoms with Crippen LogP contribution in [0.15, 0.2) is 58.9 Å². The van der Waals surface area contributed by atoms with Crippen LogP contribution in [0.3, 0.4) is 0 Å². The first-order valence-electron chi connectivity index (χ1n) is 8.07. The minimum atomic E-state index is -4.45. The van der Waals surface area contributed by atoms with E-state index in [4.69, 9.17) is 11.5 Å². The van der Waals surface area contributed by atoms with Gasteiger partial charge in [0.1, 0.15) is 10.7 Å². The van der Waals surface area contributed by atoms with E-state index >= 15 is 0 Å². The summed E-state index contributed by atoms with van der Waals surface area (Å²) in [5.41, 5.74) is 12.8. The maximum atomic E-state index is 12.9. The molecule has 0 aliphatic rings. The minimum Gasteiger partial charge on any atom is -0.397 e. The van der Waals surface area contributed by atoms with Crippen molar-refractivity contribution >= 4 is 50.1 Å². The predicted octanol–water partition coefficient (Wildman–Crippen LogP) is 5.66. The number of halogens is 3. The van der Waals surface area contributed by atoms with E-state index in [0.29, 0.717) is 15.4 Å². The number of benzene rings is 1. The zero-order valence-corrected chi connectivity index (χ0v) is 15.8. The Kier molecular flexibility index (Phi) is 4.56. The monoisotopic (exact) mass is 418 g/mol. The summed E-state index contributed by atoms with van der Waals surface area (Å²) in [6.07, 6.45) is -4.45. The number of thiophene rings is 2. The van der Waals surface area contributed by atoms with Crippen molar-refractivity contribution in [2.75, 3.05) is 5.73 Å². The fraction of sp³-hybridized carbons (Fsp3) is 0.0526. The van der Waals surface area contributed by atoms with Crippen LogP contribution in [0, 0.1) is 0 Å². The molecule has 0 saturated carbocycles. The Hall–Kier alpha value is -2.91. The summed E-state index contributed by atoms with van der Waals surface area (Å²) in [4.78, 5) is 11.0. The van der Waals surface area contributed by atoms with Crippen LogP contribution in [-0.2, 0) is 6.18 Å². The van der Waals surface area contributed by atoms with Gasteiger partial charge < -0.3 is 11.5 Å². The van der Waals surface area contributed by atoms with Crippen molar-refractivity contribution in [3.05, 3.63) is 64.4 Å². The molecule has 0 saturated heterocycles. The van der Waals surface area contributed by atoms with Crippen molar-refractivity contribution in [1.29, 1.82) is 0 Å². The summed E-state index contributed by atoms with van der Waals surface area (Å²) in [5.74, 6) is 0.0532. The number of fused-ring (bicyclic) bond motifs is 1. The Labute approximate surface area is 166 Å². The van der Waals surface area contributed by atoms with Gasteiger partial charge in [0, 0.05) is 5.39 Å². The van der Waals surface area contributed by atoms with Gasteiger partial charge in [-0.15, -0.1) is 22.7 Å². The van der Waals surface area contributed by atoms with Gasteiger partial charge >= 0.3 is 6.18 Å². The van der Waals surface area contributed by atoms with Crippen LogP contribution in [0.1, 0.15) is 10.4 Å². The molecule has 0 atom stereocenters. The Morgan fingerprint density at radius 3 is 2.61 bits per heavy atom. The van der Waals surface area contributed by atoms with Crippen LogP contribution in [-0.4, -0.2) is 10.8 Å². The molecule has 9 heteroatoms. The quantitative estimate of drug-likeness (QED) is 0.333. The lowest BCUT2D eigenvalue weighted by Crippen LogP contribution is -2.13. The Morgan fingerprint density at radius 1 is 1.07 bits per heavy atom. The third-order valence-corrected chi connectivity index (χ3v) is 6.05. The predicted molar refractivity (Wildman–Crippen MR) is 109 cm³/mol. The largest absolute Gasteiger partial charge is 0.416 e. The third-order valence-electron chi connectivity index (χ3n) is 4.02. The van der Waals surface area contributed by atoms with Gasteiger partial charge in [0.15, 0.2) is 0 Å². The number of aromatic nitrogens is 1. The number of hydrogen-bond acceptors (Lipinski definition) is 5. The second kappa shape index (κ2) is 6.92. The second-order valence-corrected chi connectivity index (χ2v) is 7.86. The lowest BCUT2D eigenvalue weighted by Gasteiger charge is -2.07. The molecule has 0 amide bonds. The molecule has 0 aliphatic heterocycles. The number of nitrogens with two attached hydrogens (primary N) is 2. The highest BCUT2D eigenvalue weighted by Crippen LogP contribution is 2.36. The van der Waals surface area contributed by atoms with E-state index in [9.17, 15) is 13.2 Å². The SMILES string of the molecule is NC(=Nc1cccc(C(F)(F)F)c1)c1sc2nc(-c3cccs3)ccc2c1N. The maximum absolute atomic E-state index is 12.9. The molecule has 0 bridgehead atoms. The molecule has 142 valence electrons. The molecular weight excluding hydrogens is 405 g/mol. The van der Waals surface area contributed by atoms with Crippen LogP contribution >= 0.6 is 22.7 Å². The standard InChI is InChI=1S/C19H13F3N4S2/c20-19(21,22)10-3-1-4-11(9-10)25-17(24)16-15(23)12-6-7-13(26-18(12)28-16)14-5-2-8-27-14/h1-9H,23H2,(H2,24,25). The zero-order chi connectivity index (χ0) is 19.9. The first-order valence-corrected chi connectivity index (χ1v) is 9.77. The number of rotatable bonds is 3. The van der Waals surface area contributed by atoms with Gasteiger partial charge in [-0.3, -0.25) is 0 Å². The number of nitrogen functional groups attached to an aromatic ring is 1. The Bertz CT molecular complexity index is 1180. The average molecular weight is 418 g/mol. The lowest BCUT2D eigenvalue weighted by molar-refractivity contribution is -0.137. The zero-order valence-electron chi connectivity index (χ0n) is 14.2. The second-order valence-electron chi connectivity index (χ2n) is 5.92. The molecule has 0 aliphatic carbocycles. The minimum absolute atomic E-state index is 0.0532. The van der Waals surface area contributed by atoms with Gasteiger partial charge in [0.25, 0.3) is 0 Å². The third kappa shape index (κ3) is 3.46. The number of aliphatic imine (C=N–C) groups is 1.